The van der Waals surface area contributed by atoms with Gasteiger partial charge in [-0.1, -0.05) is 6.42 Å². The highest BCUT2D eigenvalue weighted by atomic mass is 79.9. The molecule has 0 aromatic carbocycles. The highest BCUT2D eigenvalue weighted by molar-refractivity contribution is 9.10. The number of aromatic nitrogens is 1. The summed E-state index contributed by atoms with van der Waals surface area (Å²) in [5.41, 5.74) is 0.645. The van der Waals surface area contributed by atoms with Crippen molar-refractivity contribution >= 4 is 27.6 Å². The summed E-state index contributed by atoms with van der Waals surface area (Å²) in [6, 6.07) is 3.36. The van der Waals surface area contributed by atoms with Gasteiger partial charge in [0.25, 0.3) is 0 Å². The highest BCUT2D eigenvalue weighted by Crippen LogP contribution is 2.26. The summed E-state index contributed by atoms with van der Waals surface area (Å²) in [5.74, 6) is 0.188. The molecule has 1 heterocycles. The zero-order valence-electron chi connectivity index (χ0n) is 10.8. The monoisotopic (exact) mass is 327 g/mol. The van der Waals surface area contributed by atoms with Crippen LogP contribution in [-0.2, 0) is 0 Å². The quantitative estimate of drug-likeness (QED) is 0.838. The number of hydrogen-bond acceptors (Lipinski definition) is 3. The van der Waals surface area contributed by atoms with Gasteiger partial charge in [0.1, 0.15) is 4.60 Å². The largest absolute Gasteiger partial charge is 0.393 e. The van der Waals surface area contributed by atoms with Crippen molar-refractivity contribution in [2.24, 2.45) is 5.92 Å². The van der Waals surface area contributed by atoms with Crippen LogP contribution in [0.1, 0.15) is 19.3 Å². The fourth-order valence-corrected chi connectivity index (χ4v) is 2.70. The zero-order valence-corrected chi connectivity index (χ0v) is 12.4. The molecule has 2 rings (SSSR count). The molecule has 104 valence electrons. The van der Waals surface area contributed by atoms with Crippen LogP contribution in [0.3, 0.4) is 0 Å². The molecule has 1 aliphatic carbocycles. The second-order valence-corrected chi connectivity index (χ2v) is 5.66. The summed E-state index contributed by atoms with van der Waals surface area (Å²) in [4.78, 5) is 17.7. The molecule has 0 aliphatic heterocycles. The SMILES string of the molecule is CN(CC1CCCC1O)C(=O)Nc1cccnc1Br. The molecule has 0 spiro atoms. The number of nitrogens with one attached hydrogen (secondary N) is 1. The van der Waals surface area contributed by atoms with Crippen molar-refractivity contribution in [3.8, 4) is 0 Å². The molecule has 2 unspecified atom stereocenters. The Labute approximate surface area is 121 Å². The highest BCUT2D eigenvalue weighted by Gasteiger charge is 2.27. The molecule has 0 saturated heterocycles. The topological polar surface area (TPSA) is 65.5 Å². The van der Waals surface area contributed by atoms with Gasteiger partial charge in [-0.3, -0.25) is 0 Å². The third-order valence-electron chi connectivity index (χ3n) is 3.47. The molecule has 0 bridgehead atoms. The number of urea groups is 1. The van der Waals surface area contributed by atoms with E-state index in [-0.39, 0.29) is 18.1 Å². The molecular weight excluding hydrogens is 310 g/mol. The minimum Gasteiger partial charge on any atom is -0.393 e. The maximum absolute atomic E-state index is 12.0. The van der Waals surface area contributed by atoms with Gasteiger partial charge in [0.15, 0.2) is 0 Å². The van der Waals surface area contributed by atoms with Crippen LogP contribution in [0.2, 0.25) is 0 Å². The van der Waals surface area contributed by atoms with Crippen molar-refractivity contribution in [1.29, 1.82) is 0 Å². The number of carbonyl (C=O) groups excluding carboxylic acids is 1. The van der Waals surface area contributed by atoms with Gasteiger partial charge in [0.2, 0.25) is 0 Å². The van der Waals surface area contributed by atoms with E-state index >= 15 is 0 Å². The molecule has 19 heavy (non-hydrogen) atoms. The Kier molecular flexibility index (Phi) is 4.76. The van der Waals surface area contributed by atoms with Crippen LogP contribution in [0.5, 0.6) is 0 Å². The standard InChI is InChI=1S/C13H18BrN3O2/c1-17(8-9-4-2-6-11(9)18)13(19)16-10-5-3-7-15-12(10)14/h3,5,7,9,11,18H,2,4,6,8H2,1H3,(H,16,19). The molecule has 6 heteroatoms. The van der Waals surface area contributed by atoms with Crippen molar-refractivity contribution in [3.05, 3.63) is 22.9 Å². The molecule has 1 saturated carbocycles. The van der Waals surface area contributed by atoms with Crippen molar-refractivity contribution < 1.29 is 9.90 Å². The lowest BCUT2D eigenvalue weighted by molar-refractivity contribution is 0.116. The van der Waals surface area contributed by atoms with Gasteiger partial charge in [0, 0.05) is 25.7 Å². The van der Waals surface area contributed by atoms with Gasteiger partial charge >= 0.3 is 6.03 Å². The summed E-state index contributed by atoms with van der Waals surface area (Å²) in [6.45, 7) is 0.574. The fourth-order valence-electron chi connectivity index (χ4n) is 2.35. The first-order valence-corrected chi connectivity index (χ1v) is 7.18. The van der Waals surface area contributed by atoms with Gasteiger partial charge in [0.05, 0.1) is 11.8 Å². The summed E-state index contributed by atoms with van der Waals surface area (Å²) < 4.78 is 0.609. The minimum absolute atomic E-state index is 0.187. The number of hydrogen-bond donors (Lipinski definition) is 2. The number of anilines is 1. The smallest absolute Gasteiger partial charge is 0.321 e. The summed E-state index contributed by atoms with van der Waals surface area (Å²) in [6.07, 6.45) is 4.23. The first kappa shape index (κ1) is 14.3. The van der Waals surface area contributed by atoms with Crippen LogP contribution < -0.4 is 5.32 Å². The average molecular weight is 328 g/mol. The Morgan fingerprint density at radius 1 is 1.63 bits per heavy atom. The Bertz CT molecular complexity index is 455. The third-order valence-corrected chi connectivity index (χ3v) is 4.11. The van der Waals surface area contributed by atoms with E-state index in [0.717, 1.165) is 19.3 Å². The fraction of sp³-hybridized carbons (Fsp3) is 0.538. The molecule has 2 N–H and O–H groups in total. The summed E-state index contributed by atoms with van der Waals surface area (Å²) >= 11 is 3.29. The number of carbonyl (C=O) groups is 1. The number of aliphatic hydroxyl groups excluding tert-OH is 1. The number of halogens is 1. The van der Waals surface area contributed by atoms with Gasteiger partial charge in [-0.2, -0.15) is 0 Å². The second kappa shape index (κ2) is 6.34. The van der Waals surface area contributed by atoms with Crippen molar-refractivity contribution in [2.45, 2.75) is 25.4 Å². The van der Waals surface area contributed by atoms with Gasteiger partial charge in [-0.15, -0.1) is 0 Å². The van der Waals surface area contributed by atoms with Gasteiger partial charge in [-0.05, 0) is 40.9 Å². The Balaban J connectivity index is 1.91. The van der Waals surface area contributed by atoms with Gasteiger partial charge in [-0.25, -0.2) is 9.78 Å². The van der Waals surface area contributed by atoms with Crippen LogP contribution in [0.4, 0.5) is 10.5 Å². The Morgan fingerprint density at radius 3 is 3.05 bits per heavy atom. The molecule has 1 aromatic heterocycles. The lowest BCUT2D eigenvalue weighted by Gasteiger charge is -2.23. The van der Waals surface area contributed by atoms with E-state index in [4.69, 9.17) is 0 Å². The number of pyridine rings is 1. The molecule has 5 nitrogen and oxygen atoms in total. The van der Waals surface area contributed by atoms with Crippen molar-refractivity contribution in [2.75, 3.05) is 18.9 Å². The molecule has 1 fully saturated rings. The van der Waals surface area contributed by atoms with Crippen LogP contribution >= 0.6 is 15.9 Å². The molecule has 2 amide bonds. The number of nitrogens with zero attached hydrogens (tertiary/aromatic N) is 2. The van der Waals surface area contributed by atoms with E-state index in [0.29, 0.717) is 16.8 Å². The maximum atomic E-state index is 12.0. The third kappa shape index (κ3) is 3.67. The predicted molar refractivity (Wildman–Crippen MR) is 76.9 cm³/mol. The van der Waals surface area contributed by atoms with E-state index in [1.165, 1.54) is 0 Å². The van der Waals surface area contributed by atoms with Crippen LogP contribution in [-0.4, -0.2) is 40.7 Å². The molecule has 2 atom stereocenters. The van der Waals surface area contributed by atoms with Crippen LogP contribution in [0.25, 0.3) is 0 Å². The summed E-state index contributed by atoms with van der Waals surface area (Å²) in [5, 5.41) is 12.6. The van der Waals surface area contributed by atoms with E-state index in [2.05, 4.69) is 26.2 Å². The first-order valence-electron chi connectivity index (χ1n) is 6.38. The zero-order chi connectivity index (χ0) is 13.8. The Morgan fingerprint density at radius 2 is 2.42 bits per heavy atom. The van der Waals surface area contributed by atoms with E-state index < -0.39 is 0 Å². The minimum atomic E-state index is -0.277. The molecule has 1 aromatic rings. The van der Waals surface area contributed by atoms with Crippen LogP contribution in [0, 0.1) is 5.92 Å². The van der Waals surface area contributed by atoms with Gasteiger partial charge < -0.3 is 15.3 Å². The average Bonchev–Trinajstić information content (AvgIpc) is 2.78. The lowest BCUT2D eigenvalue weighted by Crippen LogP contribution is -2.37. The number of amides is 2. The van der Waals surface area contributed by atoms with E-state index in [1.54, 1.807) is 30.3 Å². The number of aliphatic hydroxyl groups is 1. The molecule has 1 aliphatic rings. The summed E-state index contributed by atoms with van der Waals surface area (Å²) in [7, 11) is 1.74. The predicted octanol–water partition coefficient (Wildman–Crippen LogP) is 2.47. The van der Waals surface area contributed by atoms with E-state index in [1.807, 2.05) is 0 Å². The van der Waals surface area contributed by atoms with Crippen molar-refractivity contribution in [1.82, 2.24) is 9.88 Å². The van der Waals surface area contributed by atoms with Crippen LogP contribution in [0.15, 0.2) is 22.9 Å². The van der Waals surface area contributed by atoms with Crippen molar-refractivity contribution in [3.63, 3.8) is 0 Å². The molecule has 0 radical (unpaired) electrons. The first-order chi connectivity index (χ1) is 9.08. The van der Waals surface area contributed by atoms with E-state index in [9.17, 15) is 9.90 Å². The second-order valence-electron chi connectivity index (χ2n) is 4.91. The normalized spacial score (nSPS) is 22.3. The maximum Gasteiger partial charge on any atom is 0.321 e. The lowest BCUT2D eigenvalue weighted by atomic mass is 10.1. The molecular formula is C13H18BrN3O2. The number of rotatable bonds is 3. The Hall–Kier alpha value is -1.14.